The first-order valence-electron chi connectivity index (χ1n) is 9.63. The molecule has 1 aliphatic rings. The lowest BCUT2D eigenvalue weighted by Crippen LogP contribution is -2.58. The molecule has 5 nitrogen and oxygen atoms in total. The normalized spacial score (nSPS) is 19.6. The van der Waals surface area contributed by atoms with Gasteiger partial charge < -0.3 is 9.64 Å². The van der Waals surface area contributed by atoms with E-state index in [0.29, 0.717) is 24.4 Å². The summed E-state index contributed by atoms with van der Waals surface area (Å²) in [5, 5.41) is 0. The fraction of sp³-hybridized carbons (Fsp3) is 0.364. The minimum atomic E-state index is -0.240. The third-order valence-electron chi connectivity index (χ3n) is 5.24. The quantitative estimate of drug-likeness (QED) is 0.350. The van der Waals surface area contributed by atoms with Crippen LogP contribution in [-0.2, 0) is 11.3 Å². The molecular formula is C22H23FI2N2O3. The van der Waals surface area contributed by atoms with Gasteiger partial charge in [0.1, 0.15) is 11.6 Å². The highest BCUT2D eigenvalue weighted by Gasteiger charge is 2.32. The summed E-state index contributed by atoms with van der Waals surface area (Å²) >= 11 is 4.26. The molecule has 8 heteroatoms. The van der Waals surface area contributed by atoms with Crippen LogP contribution in [0.3, 0.4) is 0 Å². The molecule has 2 aromatic rings. The number of benzene rings is 2. The van der Waals surface area contributed by atoms with Crippen LogP contribution in [-0.4, -0.2) is 53.8 Å². The van der Waals surface area contributed by atoms with E-state index in [1.54, 1.807) is 18.2 Å². The third kappa shape index (κ3) is 5.70. The van der Waals surface area contributed by atoms with Crippen LogP contribution in [0.5, 0.6) is 5.75 Å². The standard InChI is InChI=1S/C22H23FI2N2O3/c1-14-10-27(15(2)9-26(14)11-16-3-5-18(23)6-4-16)21(29)13-30-22-17(12-28)7-19(24)8-20(22)25/h3-8,12,14-15H,9-11,13H2,1-2H3. The van der Waals surface area contributed by atoms with Gasteiger partial charge in [0.05, 0.1) is 9.13 Å². The van der Waals surface area contributed by atoms with E-state index in [0.717, 1.165) is 25.5 Å². The number of amides is 1. The highest BCUT2D eigenvalue weighted by molar-refractivity contribution is 14.1. The maximum atomic E-state index is 13.1. The molecule has 1 fully saturated rings. The Kier molecular flexibility index (Phi) is 8.08. The van der Waals surface area contributed by atoms with Crippen molar-refractivity contribution in [2.45, 2.75) is 32.5 Å². The number of halogens is 3. The molecule has 1 heterocycles. The number of carbonyl (C=O) groups is 2. The van der Waals surface area contributed by atoms with Crippen molar-refractivity contribution in [3.63, 3.8) is 0 Å². The zero-order chi connectivity index (χ0) is 21.8. The summed E-state index contributed by atoms with van der Waals surface area (Å²) in [5.74, 6) is 0.119. The van der Waals surface area contributed by atoms with Crippen molar-refractivity contribution in [1.29, 1.82) is 0 Å². The van der Waals surface area contributed by atoms with Crippen molar-refractivity contribution >= 4 is 57.4 Å². The van der Waals surface area contributed by atoms with Crippen LogP contribution >= 0.6 is 45.2 Å². The Labute approximate surface area is 203 Å². The highest BCUT2D eigenvalue weighted by Crippen LogP contribution is 2.27. The molecule has 0 aromatic heterocycles. The molecule has 1 amide bonds. The molecule has 0 radical (unpaired) electrons. The fourth-order valence-electron chi connectivity index (χ4n) is 3.63. The van der Waals surface area contributed by atoms with Crippen LogP contribution < -0.4 is 4.74 Å². The molecular weight excluding hydrogens is 613 g/mol. The van der Waals surface area contributed by atoms with Gasteiger partial charge in [0.25, 0.3) is 5.91 Å². The Balaban J connectivity index is 1.61. The van der Waals surface area contributed by atoms with Crippen molar-refractivity contribution in [2.24, 2.45) is 0 Å². The van der Waals surface area contributed by atoms with Crippen molar-refractivity contribution in [1.82, 2.24) is 9.80 Å². The number of aldehydes is 1. The first-order chi connectivity index (χ1) is 14.3. The molecule has 3 rings (SSSR count). The summed E-state index contributed by atoms with van der Waals surface area (Å²) < 4.78 is 20.7. The maximum Gasteiger partial charge on any atom is 0.260 e. The lowest BCUT2D eigenvalue weighted by molar-refractivity contribution is -0.139. The summed E-state index contributed by atoms with van der Waals surface area (Å²) in [6.07, 6.45) is 0.753. The summed E-state index contributed by atoms with van der Waals surface area (Å²) in [4.78, 5) is 28.4. The molecule has 30 heavy (non-hydrogen) atoms. The van der Waals surface area contributed by atoms with Gasteiger partial charge in [0, 0.05) is 35.3 Å². The maximum absolute atomic E-state index is 13.1. The van der Waals surface area contributed by atoms with Crippen molar-refractivity contribution < 1.29 is 18.7 Å². The van der Waals surface area contributed by atoms with E-state index in [2.05, 4.69) is 57.0 Å². The zero-order valence-electron chi connectivity index (χ0n) is 16.8. The van der Waals surface area contributed by atoms with Crippen molar-refractivity contribution in [2.75, 3.05) is 19.7 Å². The molecule has 1 aliphatic heterocycles. The first-order valence-corrected chi connectivity index (χ1v) is 11.8. The highest BCUT2D eigenvalue weighted by atomic mass is 127. The molecule has 1 saturated heterocycles. The fourth-order valence-corrected chi connectivity index (χ4v) is 5.67. The van der Waals surface area contributed by atoms with E-state index in [4.69, 9.17) is 4.74 Å². The second-order valence-electron chi connectivity index (χ2n) is 7.51. The largest absolute Gasteiger partial charge is 0.482 e. The minimum Gasteiger partial charge on any atom is -0.482 e. The number of piperazine rings is 1. The Morgan fingerprint density at radius 3 is 2.53 bits per heavy atom. The minimum absolute atomic E-state index is 0.0269. The van der Waals surface area contributed by atoms with Gasteiger partial charge in [0.15, 0.2) is 12.9 Å². The number of carbonyl (C=O) groups excluding carboxylic acids is 2. The number of hydrogen-bond acceptors (Lipinski definition) is 4. The van der Waals surface area contributed by atoms with E-state index < -0.39 is 0 Å². The molecule has 2 atom stereocenters. The van der Waals surface area contributed by atoms with E-state index >= 15 is 0 Å². The second-order valence-corrected chi connectivity index (χ2v) is 9.92. The summed E-state index contributed by atoms with van der Waals surface area (Å²) in [5.41, 5.74) is 1.50. The second kappa shape index (κ2) is 10.4. The van der Waals surface area contributed by atoms with Gasteiger partial charge in [-0.25, -0.2) is 4.39 Å². The Bertz CT molecular complexity index is 923. The van der Waals surface area contributed by atoms with E-state index in [9.17, 15) is 14.0 Å². The number of rotatable bonds is 6. The lowest BCUT2D eigenvalue weighted by Gasteiger charge is -2.44. The molecule has 0 aliphatic carbocycles. The van der Waals surface area contributed by atoms with Gasteiger partial charge in [0.2, 0.25) is 0 Å². The average molecular weight is 636 g/mol. The predicted octanol–water partition coefficient (Wildman–Crippen LogP) is 4.35. The first kappa shape index (κ1) is 23.4. The molecule has 160 valence electrons. The van der Waals surface area contributed by atoms with Crippen LogP contribution in [0.25, 0.3) is 0 Å². The van der Waals surface area contributed by atoms with Crippen LogP contribution in [0, 0.1) is 13.0 Å². The zero-order valence-corrected chi connectivity index (χ0v) is 21.1. The predicted molar refractivity (Wildman–Crippen MR) is 130 cm³/mol. The monoisotopic (exact) mass is 636 g/mol. The summed E-state index contributed by atoms with van der Waals surface area (Å²) in [7, 11) is 0. The van der Waals surface area contributed by atoms with Gasteiger partial charge in [-0.1, -0.05) is 12.1 Å². The lowest BCUT2D eigenvalue weighted by atomic mass is 10.1. The molecule has 2 unspecified atom stereocenters. The van der Waals surface area contributed by atoms with Gasteiger partial charge in [-0.2, -0.15) is 0 Å². The van der Waals surface area contributed by atoms with Gasteiger partial charge >= 0.3 is 0 Å². The third-order valence-corrected chi connectivity index (χ3v) is 6.66. The van der Waals surface area contributed by atoms with Crippen LogP contribution in [0.15, 0.2) is 36.4 Å². The Morgan fingerprint density at radius 2 is 1.87 bits per heavy atom. The number of nitrogens with zero attached hydrogens (tertiary/aromatic N) is 2. The van der Waals surface area contributed by atoms with E-state index in [1.807, 2.05) is 17.9 Å². The molecule has 0 bridgehead atoms. The molecule has 2 aromatic carbocycles. The average Bonchev–Trinajstić information content (AvgIpc) is 2.70. The Morgan fingerprint density at radius 1 is 1.17 bits per heavy atom. The van der Waals surface area contributed by atoms with Crippen molar-refractivity contribution in [3.05, 3.63) is 60.5 Å². The molecule has 0 saturated carbocycles. The van der Waals surface area contributed by atoms with Crippen molar-refractivity contribution in [3.8, 4) is 5.75 Å². The summed E-state index contributed by atoms with van der Waals surface area (Å²) in [6, 6.07) is 10.4. The smallest absolute Gasteiger partial charge is 0.260 e. The SMILES string of the molecule is CC1CN(C(=O)COc2c(I)cc(I)cc2C=O)C(C)CN1Cc1ccc(F)cc1. The molecule has 0 spiro atoms. The number of hydrogen-bond donors (Lipinski definition) is 0. The van der Waals surface area contributed by atoms with E-state index in [-0.39, 0.29) is 30.4 Å². The van der Waals surface area contributed by atoms with Gasteiger partial charge in [-0.05, 0) is 88.9 Å². The molecule has 0 N–H and O–H groups in total. The van der Waals surface area contributed by atoms with Crippen LogP contribution in [0.1, 0.15) is 29.8 Å². The van der Waals surface area contributed by atoms with Gasteiger partial charge in [-0.15, -0.1) is 0 Å². The Hall–Kier alpha value is -1.27. The van der Waals surface area contributed by atoms with Gasteiger partial charge in [-0.3, -0.25) is 14.5 Å². The topological polar surface area (TPSA) is 49.9 Å². The van der Waals surface area contributed by atoms with Crippen LogP contribution in [0.2, 0.25) is 0 Å². The van der Waals surface area contributed by atoms with E-state index in [1.165, 1.54) is 12.1 Å². The summed E-state index contributed by atoms with van der Waals surface area (Å²) in [6.45, 7) is 6.04. The number of ether oxygens (including phenoxy) is 1. The van der Waals surface area contributed by atoms with Crippen LogP contribution in [0.4, 0.5) is 4.39 Å².